The first-order valence-electron chi connectivity index (χ1n) is 12.1. The molecular formula is C28H32N4O3. The molecule has 7 heteroatoms. The number of carbonyl (C=O) groups is 1. The van der Waals surface area contributed by atoms with Crippen molar-refractivity contribution in [2.45, 2.75) is 40.5 Å². The summed E-state index contributed by atoms with van der Waals surface area (Å²) in [5, 5.41) is 7.72. The van der Waals surface area contributed by atoms with Crippen molar-refractivity contribution >= 4 is 11.6 Å². The number of hydrogen-bond acceptors (Lipinski definition) is 5. The monoisotopic (exact) mass is 472 g/mol. The molecule has 0 saturated heterocycles. The van der Waals surface area contributed by atoms with E-state index >= 15 is 0 Å². The summed E-state index contributed by atoms with van der Waals surface area (Å²) in [5.41, 5.74) is 5.91. The number of ether oxygens (including phenoxy) is 2. The van der Waals surface area contributed by atoms with Gasteiger partial charge >= 0.3 is 0 Å². The van der Waals surface area contributed by atoms with Crippen LogP contribution in [0.3, 0.4) is 0 Å². The number of benzene rings is 2. The minimum absolute atomic E-state index is 0.139. The second-order valence-corrected chi connectivity index (χ2v) is 8.33. The smallest absolute Gasteiger partial charge is 0.254 e. The van der Waals surface area contributed by atoms with Gasteiger partial charge in [-0.05, 0) is 63.8 Å². The minimum Gasteiger partial charge on any atom is -0.490 e. The second-order valence-electron chi connectivity index (χ2n) is 8.33. The highest BCUT2D eigenvalue weighted by Gasteiger charge is 2.20. The van der Waals surface area contributed by atoms with Crippen molar-refractivity contribution in [2.24, 2.45) is 0 Å². The van der Waals surface area contributed by atoms with Crippen molar-refractivity contribution in [3.8, 4) is 22.6 Å². The number of rotatable bonds is 10. The number of nitrogens with zero attached hydrogens (tertiary/aromatic N) is 3. The highest BCUT2D eigenvalue weighted by atomic mass is 16.5. The molecule has 1 amide bonds. The molecule has 7 nitrogen and oxygen atoms in total. The van der Waals surface area contributed by atoms with Crippen molar-refractivity contribution in [3.63, 3.8) is 0 Å². The molecule has 0 saturated carbocycles. The van der Waals surface area contributed by atoms with E-state index in [2.05, 4.69) is 22.4 Å². The van der Waals surface area contributed by atoms with Gasteiger partial charge in [0.05, 0.1) is 30.2 Å². The number of aromatic nitrogens is 3. The van der Waals surface area contributed by atoms with Gasteiger partial charge in [0.2, 0.25) is 0 Å². The van der Waals surface area contributed by atoms with Crippen LogP contribution in [0, 0.1) is 13.8 Å². The zero-order valence-corrected chi connectivity index (χ0v) is 20.8. The molecule has 2 aromatic heterocycles. The quantitative estimate of drug-likeness (QED) is 0.322. The molecule has 0 bridgehead atoms. The molecule has 1 N–H and O–H groups in total. The Morgan fingerprint density at radius 2 is 1.74 bits per heavy atom. The Morgan fingerprint density at radius 1 is 1.00 bits per heavy atom. The van der Waals surface area contributed by atoms with E-state index in [0.717, 1.165) is 35.4 Å². The van der Waals surface area contributed by atoms with Crippen molar-refractivity contribution < 1.29 is 14.3 Å². The van der Waals surface area contributed by atoms with Gasteiger partial charge in [0.1, 0.15) is 0 Å². The molecule has 0 unspecified atom stereocenters. The van der Waals surface area contributed by atoms with Crippen molar-refractivity contribution in [3.05, 3.63) is 77.2 Å². The van der Waals surface area contributed by atoms with E-state index in [1.54, 1.807) is 10.7 Å². The van der Waals surface area contributed by atoms with Gasteiger partial charge in [0.25, 0.3) is 5.91 Å². The third kappa shape index (κ3) is 5.29. The van der Waals surface area contributed by atoms with Gasteiger partial charge in [-0.2, -0.15) is 5.10 Å². The summed E-state index contributed by atoms with van der Waals surface area (Å²) < 4.78 is 13.3. The van der Waals surface area contributed by atoms with Gasteiger partial charge in [-0.15, -0.1) is 0 Å². The van der Waals surface area contributed by atoms with E-state index in [1.165, 1.54) is 5.56 Å². The fourth-order valence-electron chi connectivity index (χ4n) is 4.20. The van der Waals surface area contributed by atoms with E-state index in [4.69, 9.17) is 14.6 Å². The molecule has 4 rings (SSSR count). The van der Waals surface area contributed by atoms with Crippen molar-refractivity contribution in [1.29, 1.82) is 0 Å². The van der Waals surface area contributed by atoms with Crippen LogP contribution in [-0.2, 0) is 6.42 Å². The Morgan fingerprint density at radius 3 is 2.49 bits per heavy atom. The lowest BCUT2D eigenvalue weighted by atomic mass is 10.1. The van der Waals surface area contributed by atoms with Gasteiger partial charge in [0, 0.05) is 18.3 Å². The topological polar surface area (TPSA) is 77.8 Å². The van der Waals surface area contributed by atoms with Crippen LogP contribution in [0.1, 0.15) is 47.6 Å². The normalized spacial score (nSPS) is 11.0. The molecule has 0 spiro atoms. The molecule has 0 fully saturated rings. The third-order valence-electron chi connectivity index (χ3n) is 5.91. The number of aryl methyl sites for hydroxylation is 3. The van der Waals surface area contributed by atoms with E-state index < -0.39 is 0 Å². The minimum atomic E-state index is -0.139. The average Bonchev–Trinajstić information content (AvgIpc) is 3.21. The Balaban J connectivity index is 1.56. The van der Waals surface area contributed by atoms with Gasteiger partial charge < -0.3 is 14.8 Å². The first kappa shape index (κ1) is 24.3. The lowest BCUT2D eigenvalue weighted by Crippen LogP contribution is -2.26. The number of amides is 1. The molecule has 4 aromatic rings. The lowest BCUT2D eigenvalue weighted by Gasteiger charge is -2.12. The second kappa shape index (κ2) is 11.0. The zero-order valence-electron chi connectivity index (χ0n) is 20.8. The predicted molar refractivity (Wildman–Crippen MR) is 137 cm³/mol. The molecule has 0 aliphatic rings. The SMILES string of the molecule is CCOc1ccc(-c2c(C)nn3c(C)c(C(=O)NCCCc4ccccc4)cnc23)cc1OCC. The summed E-state index contributed by atoms with van der Waals surface area (Å²) >= 11 is 0. The molecule has 0 aliphatic carbocycles. The first-order valence-corrected chi connectivity index (χ1v) is 12.1. The van der Waals surface area contributed by atoms with Crippen molar-refractivity contribution in [2.75, 3.05) is 19.8 Å². The zero-order chi connectivity index (χ0) is 24.8. The fraction of sp³-hybridized carbons (Fsp3) is 0.321. The average molecular weight is 473 g/mol. The summed E-state index contributed by atoms with van der Waals surface area (Å²) in [6.45, 7) is 9.44. The van der Waals surface area contributed by atoms with Crippen LogP contribution in [0.2, 0.25) is 0 Å². The van der Waals surface area contributed by atoms with Gasteiger partial charge in [0.15, 0.2) is 17.1 Å². The van der Waals surface area contributed by atoms with Crippen LogP contribution in [0.4, 0.5) is 0 Å². The standard InChI is InChI=1S/C28H32N4O3/c1-5-34-24-15-14-22(17-25(24)35-6-2)26-19(3)31-32-20(4)23(18-30-27(26)32)28(33)29-16-10-13-21-11-8-7-9-12-21/h7-9,11-12,14-15,17-18H,5-6,10,13,16H2,1-4H3,(H,29,33). The predicted octanol–water partition coefficient (Wildman–Crippen LogP) is 5.17. The Hall–Kier alpha value is -3.87. The Bertz CT molecular complexity index is 1320. The maximum absolute atomic E-state index is 12.9. The largest absolute Gasteiger partial charge is 0.490 e. The van der Waals surface area contributed by atoms with E-state index in [1.807, 2.05) is 64.1 Å². The molecule has 0 radical (unpaired) electrons. The maximum Gasteiger partial charge on any atom is 0.254 e. The summed E-state index contributed by atoms with van der Waals surface area (Å²) in [7, 11) is 0. The highest BCUT2D eigenvalue weighted by molar-refractivity contribution is 5.95. The number of hydrogen-bond donors (Lipinski definition) is 1. The molecule has 35 heavy (non-hydrogen) atoms. The molecule has 0 aliphatic heterocycles. The number of carbonyl (C=O) groups excluding carboxylic acids is 1. The Labute approximate surface area is 206 Å². The van der Waals surface area contributed by atoms with Crippen LogP contribution >= 0.6 is 0 Å². The van der Waals surface area contributed by atoms with Crippen molar-refractivity contribution in [1.82, 2.24) is 19.9 Å². The van der Waals surface area contributed by atoms with Gasteiger partial charge in [-0.25, -0.2) is 9.50 Å². The number of nitrogens with one attached hydrogen (secondary N) is 1. The fourth-order valence-corrected chi connectivity index (χ4v) is 4.20. The van der Waals surface area contributed by atoms with E-state index in [-0.39, 0.29) is 5.91 Å². The van der Waals surface area contributed by atoms with E-state index in [0.29, 0.717) is 42.5 Å². The number of fused-ring (bicyclic) bond motifs is 1. The Kier molecular flexibility index (Phi) is 7.65. The first-order chi connectivity index (χ1) is 17.0. The molecule has 2 heterocycles. The molecule has 0 atom stereocenters. The van der Waals surface area contributed by atoms with Crippen LogP contribution in [0.5, 0.6) is 11.5 Å². The maximum atomic E-state index is 12.9. The highest BCUT2D eigenvalue weighted by Crippen LogP contribution is 2.36. The summed E-state index contributed by atoms with van der Waals surface area (Å²) in [5.74, 6) is 1.26. The van der Waals surface area contributed by atoms with Crippen LogP contribution in [0.25, 0.3) is 16.8 Å². The third-order valence-corrected chi connectivity index (χ3v) is 5.91. The van der Waals surface area contributed by atoms with E-state index in [9.17, 15) is 4.79 Å². The van der Waals surface area contributed by atoms with Gasteiger partial charge in [-0.3, -0.25) is 4.79 Å². The summed E-state index contributed by atoms with van der Waals surface area (Å²) in [6, 6.07) is 16.1. The van der Waals surface area contributed by atoms with Crippen LogP contribution in [-0.4, -0.2) is 40.3 Å². The molecule has 2 aromatic carbocycles. The van der Waals surface area contributed by atoms with Gasteiger partial charge in [-0.1, -0.05) is 36.4 Å². The summed E-state index contributed by atoms with van der Waals surface area (Å²) in [6.07, 6.45) is 3.43. The summed E-state index contributed by atoms with van der Waals surface area (Å²) in [4.78, 5) is 17.5. The van der Waals surface area contributed by atoms with Crippen LogP contribution in [0.15, 0.2) is 54.7 Å². The molecule has 182 valence electrons. The lowest BCUT2D eigenvalue weighted by molar-refractivity contribution is 0.0951. The molecular weight excluding hydrogens is 440 g/mol. The van der Waals surface area contributed by atoms with Crippen LogP contribution < -0.4 is 14.8 Å².